The number of nitrogens with zero attached hydrogens (tertiary/aromatic N) is 3. The van der Waals surface area contributed by atoms with Gasteiger partial charge in [0.25, 0.3) is 0 Å². The van der Waals surface area contributed by atoms with Crippen LogP contribution in [0, 0.1) is 6.92 Å². The number of nitrogens with one attached hydrogen (secondary N) is 1. The maximum atomic E-state index is 12.6. The average molecular weight is 310 g/mol. The van der Waals surface area contributed by atoms with Crippen LogP contribution in [0.15, 0.2) is 23.2 Å². The van der Waals surface area contributed by atoms with E-state index in [2.05, 4.69) is 15.2 Å². The third-order valence-electron chi connectivity index (χ3n) is 4.32. The van der Waals surface area contributed by atoms with Gasteiger partial charge in [-0.1, -0.05) is 0 Å². The Bertz CT molecular complexity index is 581. The number of aryl methyl sites for hydroxylation is 1. The Hall–Kier alpha value is -1.02. The first-order chi connectivity index (χ1) is 10.1. The van der Waals surface area contributed by atoms with Crippen LogP contribution >= 0.6 is 0 Å². The van der Waals surface area contributed by atoms with Crippen LogP contribution in [-0.2, 0) is 10.0 Å². The van der Waals surface area contributed by atoms with Crippen LogP contribution in [0.25, 0.3) is 0 Å². The third kappa shape index (κ3) is 3.11. The summed E-state index contributed by atoms with van der Waals surface area (Å²) in [5.41, 5.74) is 0.828. The summed E-state index contributed by atoms with van der Waals surface area (Å²) in [6.45, 7) is 7.04. The lowest BCUT2D eigenvalue weighted by atomic mass is 10.2. The second kappa shape index (κ2) is 6.00. The van der Waals surface area contributed by atoms with Gasteiger partial charge >= 0.3 is 0 Å². The van der Waals surface area contributed by atoms with Gasteiger partial charge in [-0.05, 0) is 25.5 Å². The molecule has 1 unspecified atom stereocenters. The van der Waals surface area contributed by atoms with Crippen LogP contribution in [0.2, 0.25) is 0 Å². The van der Waals surface area contributed by atoms with E-state index in [9.17, 15) is 8.42 Å². The Labute approximate surface area is 126 Å². The maximum absolute atomic E-state index is 12.6. The molecule has 1 aromatic rings. The molecular weight excluding hydrogens is 288 g/mol. The van der Waals surface area contributed by atoms with Crippen LogP contribution in [-0.4, -0.2) is 67.9 Å². The highest BCUT2D eigenvalue weighted by atomic mass is 32.2. The van der Waals surface area contributed by atoms with E-state index in [4.69, 9.17) is 0 Å². The van der Waals surface area contributed by atoms with Gasteiger partial charge in [-0.15, -0.1) is 0 Å². The molecule has 1 N–H and O–H groups in total. The van der Waals surface area contributed by atoms with Crippen LogP contribution in [0.3, 0.4) is 0 Å². The van der Waals surface area contributed by atoms with E-state index in [-0.39, 0.29) is 0 Å². The van der Waals surface area contributed by atoms with Crippen molar-refractivity contribution in [3.8, 4) is 0 Å². The molecule has 2 saturated heterocycles. The van der Waals surface area contributed by atoms with Crippen LogP contribution in [0.4, 0.5) is 0 Å². The summed E-state index contributed by atoms with van der Waals surface area (Å²) in [5, 5.41) is 3.33. The summed E-state index contributed by atoms with van der Waals surface area (Å²) in [7, 11) is -3.40. The number of pyridine rings is 1. The highest BCUT2D eigenvalue weighted by molar-refractivity contribution is 7.89. The van der Waals surface area contributed by atoms with E-state index < -0.39 is 10.0 Å². The minimum absolute atomic E-state index is 0.300. The largest absolute Gasteiger partial charge is 0.314 e. The van der Waals surface area contributed by atoms with E-state index >= 15 is 0 Å². The highest BCUT2D eigenvalue weighted by Gasteiger charge is 2.35. The predicted molar refractivity (Wildman–Crippen MR) is 80.6 cm³/mol. The summed E-state index contributed by atoms with van der Waals surface area (Å²) in [6.07, 6.45) is 2.38. The molecule has 6 nitrogen and oxygen atoms in total. The summed E-state index contributed by atoms with van der Waals surface area (Å²) in [4.78, 5) is 6.80. The Kier molecular flexibility index (Phi) is 4.26. The lowest BCUT2D eigenvalue weighted by Gasteiger charge is -2.32. The molecule has 0 saturated carbocycles. The van der Waals surface area contributed by atoms with Crippen molar-refractivity contribution in [3.63, 3.8) is 0 Å². The van der Waals surface area contributed by atoms with Crippen LogP contribution in [0.1, 0.15) is 12.1 Å². The molecule has 2 aliphatic heterocycles. The highest BCUT2D eigenvalue weighted by Crippen LogP contribution is 2.23. The molecule has 1 atom stereocenters. The zero-order chi connectivity index (χ0) is 14.9. The first-order valence-corrected chi connectivity index (χ1v) is 8.89. The molecule has 2 aliphatic rings. The molecule has 7 heteroatoms. The second-order valence-corrected chi connectivity index (χ2v) is 7.66. The van der Waals surface area contributed by atoms with Crippen molar-refractivity contribution in [1.29, 1.82) is 0 Å². The topological polar surface area (TPSA) is 65.5 Å². The van der Waals surface area contributed by atoms with Crippen molar-refractivity contribution in [2.45, 2.75) is 24.3 Å². The quantitative estimate of drug-likeness (QED) is 0.855. The van der Waals surface area contributed by atoms with Crippen LogP contribution < -0.4 is 5.32 Å². The van der Waals surface area contributed by atoms with Gasteiger partial charge in [-0.2, -0.15) is 4.31 Å². The number of sulfonamides is 1. The molecule has 0 bridgehead atoms. The minimum atomic E-state index is -3.40. The number of hydrogen-bond acceptors (Lipinski definition) is 5. The van der Waals surface area contributed by atoms with Gasteiger partial charge in [0.05, 0.1) is 0 Å². The molecule has 21 heavy (non-hydrogen) atoms. The van der Waals surface area contributed by atoms with E-state index in [1.807, 2.05) is 6.92 Å². The molecule has 116 valence electrons. The number of aromatic nitrogens is 1. The molecule has 0 aromatic carbocycles. The van der Waals surface area contributed by atoms with Crippen molar-refractivity contribution in [1.82, 2.24) is 19.5 Å². The second-order valence-electron chi connectivity index (χ2n) is 5.73. The third-order valence-corrected chi connectivity index (χ3v) is 6.16. The fraction of sp³-hybridized carbons (Fsp3) is 0.643. The van der Waals surface area contributed by atoms with E-state index in [0.29, 0.717) is 24.0 Å². The standard InChI is InChI=1S/C14H22N4O2S/c1-12-2-3-14(10-16-12)21(19,20)18-7-4-13(11-18)17-8-5-15-6-9-17/h2-3,10,13,15H,4-9,11H2,1H3. The predicted octanol–water partition coefficient (Wildman–Crippen LogP) is 0.0582. The van der Waals surface area contributed by atoms with Crippen molar-refractivity contribution in [2.75, 3.05) is 39.3 Å². The lowest BCUT2D eigenvalue weighted by Crippen LogP contribution is -2.49. The Morgan fingerprint density at radius 1 is 1.24 bits per heavy atom. The zero-order valence-electron chi connectivity index (χ0n) is 12.3. The summed E-state index contributed by atoms with van der Waals surface area (Å²) in [5.74, 6) is 0. The Morgan fingerprint density at radius 3 is 2.67 bits per heavy atom. The average Bonchev–Trinajstić information content (AvgIpc) is 2.99. The van der Waals surface area contributed by atoms with E-state index in [1.54, 1.807) is 16.4 Å². The van der Waals surface area contributed by atoms with Crippen molar-refractivity contribution in [3.05, 3.63) is 24.0 Å². The lowest BCUT2D eigenvalue weighted by molar-refractivity contribution is 0.179. The van der Waals surface area contributed by atoms with Gasteiger partial charge in [0.1, 0.15) is 4.90 Å². The van der Waals surface area contributed by atoms with Crippen molar-refractivity contribution < 1.29 is 8.42 Å². The van der Waals surface area contributed by atoms with E-state index in [0.717, 1.165) is 38.3 Å². The fourth-order valence-corrected chi connectivity index (χ4v) is 4.47. The zero-order valence-corrected chi connectivity index (χ0v) is 13.1. The molecule has 2 fully saturated rings. The molecular formula is C14H22N4O2S. The maximum Gasteiger partial charge on any atom is 0.244 e. The van der Waals surface area contributed by atoms with E-state index in [1.165, 1.54) is 6.20 Å². The van der Waals surface area contributed by atoms with Crippen molar-refractivity contribution in [2.24, 2.45) is 0 Å². The Morgan fingerprint density at radius 2 is 2.00 bits per heavy atom. The molecule has 0 radical (unpaired) electrons. The molecule has 0 spiro atoms. The Balaban J connectivity index is 1.71. The van der Waals surface area contributed by atoms with Crippen LogP contribution in [0.5, 0.6) is 0 Å². The first-order valence-electron chi connectivity index (χ1n) is 7.45. The molecule has 0 amide bonds. The van der Waals surface area contributed by atoms with Gasteiger partial charge in [0.15, 0.2) is 0 Å². The van der Waals surface area contributed by atoms with Gasteiger partial charge < -0.3 is 5.32 Å². The SMILES string of the molecule is Cc1ccc(S(=O)(=O)N2CCC(N3CCNCC3)C2)cn1. The summed E-state index contributed by atoms with van der Waals surface area (Å²) < 4.78 is 26.9. The normalized spacial score (nSPS) is 25.3. The number of piperazine rings is 1. The molecule has 0 aliphatic carbocycles. The summed E-state index contributed by atoms with van der Waals surface area (Å²) >= 11 is 0. The van der Waals surface area contributed by atoms with Gasteiger partial charge in [-0.25, -0.2) is 8.42 Å². The van der Waals surface area contributed by atoms with Gasteiger partial charge in [-0.3, -0.25) is 9.88 Å². The monoisotopic (exact) mass is 310 g/mol. The van der Waals surface area contributed by atoms with Crippen molar-refractivity contribution >= 4 is 10.0 Å². The first kappa shape index (κ1) is 14.9. The number of rotatable bonds is 3. The molecule has 3 heterocycles. The smallest absolute Gasteiger partial charge is 0.244 e. The number of hydrogen-bond donors (Lipinski definition) is 1. The summed E-state index contributed by atoms with van der Waals surface area (Å²) in [6, 6.07) is 3.74. The van der Waals surface area contributed by atoms with Gasteiger partial charge in [0, 0.05) is 57.2 Å². The molecule has 1 aromatic heterocycles. The fourth-order valence-electron chi connectivity index (χ4n) is 3.03. The molecule has 3 rings (SSSR count). The minimum Gasteiger partial charge on any atom is -0.314 e. The van der Waals surface area contributed by atoms with Gasteiger partial charge in [0.2, 0.25) is 10.0 Å².